The van der Waals surface area contributed by atoms with Crippen LogP contribution in [0, 0.1) is 11.8 Å². The number of nitrogens with one attached hydrogen (secondary N) is 1. The van der Waals surface area contributed by atoms with Crippen LogP contribution in [0.1, 0.15) is 79.2 Å². The van der Waals surface area contributed by atoms with Gasteiger partial charge in [-0.05, 0) is 49.3 Å². The smallest absolute Gasteiger partial charge is 0.321 e. The summed E-state index contributed by atoms with van der Waals surface area (Å²) in [5.74, 6) is -1.97. The second kappa shape index (κ2) is 15.9. The van der Waals surface area contributed by atoms with E-state index < -0.39 is 30.1 Å². The minimum atomic E-state index is -1.08. The summed E-state index contributed by atoms with van der Waals surface area (Å²) >= 11 is 0. The average Bonchev–Trinajstić information content (AvgIpc) is 2.75. The van der Waals surface area contributed by atoms with Crippen LogP contribution >= 0.6 is 0 Å². The Labute approximate surface area is 213 Å². The van der Waals surface area contributed by atoms with Crippen LogP contribution in [0.5, 0.6) is 11.5 Å². The molecular formula is C27H41NO8. The van der Waals surface area contributed by atoms with E-state index in [-0.39, 0.29) is 55.1 Å². The number of rotatable bonds is 16. The van der Waals surface area contributed by atoms with Crippen LogP contribution in [0.4, 0.5) is 0 Å². The summed E-state index contributed by atoms with van der Waals surface area (Å²) < 4.78 is 16.2. The summed E-state index contributed by atoms with van der Waals surface area (Å²) in [5.41, 5.74) is 0.568. The molecule has 0 amide bonds. The first kappa shape index (κ1) is 31.1. The highest BCUT2D eigenvalue weighted by molar-refractivity contribution is 5.77. The zero-order valence-corrected chi connectivity index (χ0v) is 22.3. The lowest BCUT2D eigenvalue weighted by Gasteiger charge is -2.19. The van der Waals surface area contributed by atoms with Crippen molar-refractivity contribution in [2.45, 2.75) is 92.2 Å². The average molecular weight is 508 g/mol. The Morgan fingerprint density at radius 3 is 2.00 bits per heavy atom. The van der Waals surface area contributed by atoms with E-state index in [2.05, 4.69) is 5.32 Å². The van der Waals surface area contributed by atoms with Crippen molar-refractivity contribution in [1.29, 1.82) is 0 Å². The molecule has 0 saturated carbocycles. The molecular weight excluding hydrogens is 466 g/mol. The first-order chi connectivity index (χ1) is 16.9. The van der Waals surface area contributed by atoms with Gasteiger partial charge in [-0.15, -0.1) is 0 Å². The van der Waals surface area contributed by atoms with Crippen molar-refractivity contribution < 1.29 is 38.5 Å². The van der Waals surface area contributed by atoms with Gasteiger partial charge in [0.1, 0.15) is 12.1 Å². The molecule has 0 radical (unpaired) electrons. The summed E-state index contributed by atoms with van der Waals surface area (Å²) in [5, 5.41) is 12.6. The van der Waals surface area contributed by atoms with E-state index in [1.54, 1.807) is 13.0 Å². The maximum absolute atomic E-state index is 12.3. The zero-order valence-electron chi connectivity index (χ0n) is 22.3. The van der Waals surface area contributed by atoms with Crippen LogP contribution in [0.2, 0.25) is 0 Å². The monoisotopic (exact) mass is 507 g/mol. The molecule has 0 spiro atoms. The minimum absolute atomic E-state index is 0.0672. The number of unbranched alkanes of at least 4 members (excludes halogenated alkanes) is 1. The van der Waals surface area contributed by atoms with E-state index in [4.69, 9.17) is 14.2 Å². The van der Waals surface area contributed by atoms with Gasteiger partial charge in [-0.2, -0.15) is 0 Å². The number of carboxylic acid groups (broad SMARTS) is 1. The van der Waals surface area contributed by atoms with Crippen LogP contribution in [0.25, 0.3) is 0 Å². The predicted octanol–water partition coefficient (Wildman–Crippen LogP) is 4.30. The van der Waals surface area contributed by atoms with E-state index >= 15 is 0 Å². The second-order valence-electron chi connectivity index (χ2n) is 9.83. The first-order valence-electron chi connectivity index (χ1n) is 12.6. The Morgan fingerprint density at radius 2 is 1.47 bits per heavy atom. The third-order valence-electron chi connectivity index (χ3n) is 5.06. The quantitative estimate of drug-likeness (QED) is 0.249. The van der Waals surface area contributed by atoms with Crippen LogP contribution in [0.15, 0.2) is 18.2 Å². The number of benzene rings is 1. The maximum atomic E-state index is 12.3. The zero-order chi connectivity index (χ0) is 27.3. The van der Waals surface area contributed by atoms with Crippen molar-refractivity contribution in [3.05, 3.63) is 23.8 Å². The van der Waals surface area contributed by atoms with E-state index in [0.717, 1.165) is 12.8 Å². The fourth-order valence-electron chi connectivity index (χ4n) is 3.28. The molecule has 9 heteroatoms. The van der Waals surface area contributed by atoms with Crippen molar-refractivity contribution in [3.63, 3.8) is 0 Å². The van der Waals surface area contributed by atoms with Gasteiger partial charge in [0.25, 0.3) is 0 Å². The molecule has 2 atom stereocenters. The highest BCUT2D eigenvalue weighted by Gasteiger charge is 2.22. The molecule has 0 bridgehead atoms. The van der Waals surface area contributed by atoms with E-state index in [1.807, 2.05) is 34.6 Å². The van der Waals surface area contributed by atoms with Gasteiger partial charge in [0, 0.05) is 25.8 Å². The summed E-state index contributed by atoms with van der Waals surface area (Å²) in [7, 11) is 0. The fraction of sp³-hybridized carbons (Fsp3) is 0.630. The van der Waals surface area contributed by atoms with Gasteiger partial charge in [0.05, 0.1) is 0 Å². The third kappa shape index (κ3) is 12.7. The standard InChI is InChI=1S/C27H41NO8/c1-7-8-9-24(29)34-19(6)16-28-21(27(32)33)14-20-10-11-22(35-25(30)12-17(2)3)23(15-20)36-26(31)13-18(4)5/h10-11,15,17-19,21,28H,7-9,12-14,16H2,1-6H3,(H,32,33)/t19?,21-/m0/s1. The molecule has 1 aromatic carbocycles. The number of carboxylic acids is 1. The molecule has 0 aromatic heterocycles. The van der Waals surface area contributed by atoms with Gasteiger partial charge in [0.2, 0.25) is 0 Å². The van der Waals surface area contributed by atoms with Gasteiger partial charge >= 0.3 is 23.9 Å². The first-order valence-corrected chi connectivity index (χ1v) is 12.6. The molecule has 0 aliphatic rings. The molecule has 202 valence electrons. The molecule has 1 rings (SSSR count). The molecule has 1 unspecified atom stereocenters. The van der Waals surface area contributed by atoms with Crippen LogP contribution < -0.4 is 14.8 Å². The highest BCUT2D eigenvalue weighted by atomic mass is 16.6. The highest BCUT2D eigenvalue weighted by Crippen LogP contribution is 2.30. The molecule has 0 aliphatic heterocycles. The van der Waals surface area contributed by atoms with Crippen molar-refractivity contribution in [1.82, 2.24) is 5.32 Å². The molecule has 0 fully saturated rings. The van der Waals surface area contributed by atoms with Gasteiger partial charge in [0.15, 0.2) is 11.5 Å². The molecule has 2 N–H and O–H groups in total. The second-order valence-corrected chi connectivity index (χ2v) is 9.83. The number of carbonyl (C=O) groups is 4. The Bertz CT molecular complexity index is 881. The summed E-state index contributed by atoms with van der Waals surface area (Å²) in [4.78, 5) is 48.1. The summed E-state index contributed by atoms with van der Waals surface area (Å²) in [6.07, 6.45) is 1.91. The van der Waals surface area contributed by atoms with Gasteiger partial charge < -0.3 is 24.6 Å². The Hall–Kier alpha value is -2.94. The number of ether oxygens (including phenoxy) is 3. The topological polar surface area (TPSA) is 128 Å². The molecule has 9 nitrogen and oxygen atoms in total. The number of carbonyl (C=O) groups excluding carboxylic acids is 3. The van der Waals surface area contributed by atoms with E-state index in [0.29, 0.717) is 12.0 Å². The van der Waals surface area contributed by atoms with Crippen LogP contribution in [-0.2, 0) is 30.3 Å². The minimum Gasteiger partial charge on any atom is -0.480 e. The van der Waals surface area contributed by atoms with E-state index in [1.165, 1.54) is 12.1 Å². The van der Waals surface area contributed by atoms with Gasteiger partial charge in [-0.1, -0.05) is 47.1 Å². The van der Waals surface area contributed by atoms with Crippen molar-refractivity contribution >= 4 is 23.9 Å². The maximum Gasteiger partial charge on any atom is 0.321 e. The predicted molar refractivity (Wildman–Crippen MR) is 135 cm³/mol. The van der Waals surface area contributed by atoms with Crippen molar-refractivity contribution in [3.8, 4) is 11.5 Å². The lowest BCUT2D eigenvalue weighted by molar-refractivity contribution is -0.148. The Morgan fingerprint density at radius 1 is 0.889 bits per heavy atom. The van der Waals surface area contributed by atoms with Gasteiger partial charge in [-0.25, -0.2) is 0 Å². The SMILES string of the molecule is CCCCC(=O)OC(C)CN[C@@H](Cc1ccc(OC(=O)CC(C)C)c(OC(=O)CC(C)C)c1)C(=O)O. The normalized spacial score (nSPS) is 12.8. The van der Waals surface area contributed by atoms with Crippen LogP contribution in [-0.4, -0.2) is 47.7 Å². The fourth-order valence-corrected chi connectivity index (χ4v) is 3.28. The number of esters is 3. The third-order valence-corrected chi connectivity index (χ3v) is 5.06. The van der Waals surface area contributed by atoms with Crippen molar-refractivity contribution in [2.24, 2.45) is 11.8 Å². The Balaban J connectivity index is 2.96. The summed E-state index contributed by atoms with van der Waals surface area (Å²) in [6, 6.07) is 3.67. The van der Waals surface area contributed by atoms with Crippen molar-refractivity contribution in [2.75, 3.05) is 6.54 Å². The number of hydrogen-bond donors (Lipinski definition) is 2. The number of hydrogen-bond acceptors (Lipinski definition) is 8. The summed E-state index contributed by atoms with van der Waals surface area (Å²) in [6.45, 7) is 11.4. The molecule has 0 heterocycles. The molecule has 1 aromatic rings. The molecule has 0 saturated heterocycles. The largest absolute Gasteiger partial charge is 0.480 e. The molecule has 36 heavy (non-hydrogen) atoms. The van der Waals surface area contributed by atoms with Crippen LogP contribution in [0.3, 0.4) is 0 Å². The lowest BCUT2D eigenvalue weighted by atomic mass is 10.0. The lowest BCUT2D eigenvalue weighted by Crippen LogP contribution is -2.42. The number of aliphatic carboxylic acids is 1. The molecule has 0 aliphatic carbocycles. The Kier molecular flexibility index (Phi) is 13.8. The van der Waals surface area contributed by atoms with Gasteiger partial charge in [-0.3, -0.25) is 19.2 Å². The van der Waals surface area contributed by atoms with E-state index in [9.17, 15) is 24.3 Å².